The number of hydrogen-bond acceptors (Lipinski definition) is 6. The number of nitrogens with zero attached hydrogens (tertiary/aromatic N) is 2. The number of rotatable bonds is 7. The Balaban J connectivity index is 1.33. The molecule has 9 heteroatoms. The van der Waals surface area contributed by atoms with Crippen molar-refractivity contribution in [2.75, 3.05) is 11.5 Å². The van der Waals surface area contributed by atoms with E-state index in [2.05, 4.69) is 0 Å². The molecule has 4 amide bonds. The molecule has 0 aromatic heterocycles. The third kappa shape index (κ3) is 4.72. The summed E-state index contributed by atoms with van der Waals surface area (Å²) < 4.78 is 5.83. The minimum Gasteiger partial charge on any atom is -0.504 e. The fourth-order valence-electron chi connectivity index (χ4n) is 9.09. The summed E-state index contributed by atoms with van der Waals surface area (Å²) in [5.74, 6) is -4.37. The van der Waals surface area contributed by atoms with Crippen LogP contribution in [0.5, 0.6) is 11.5 Å². The van der Waals surface area contributed by atoms with E-state index in [4.69, 9.17) is 16.3 Å². The second-order valence-electron chi connectivity index (χ2n) is 13.5. The first-order chi connectivity index (χ1) is 24.2. The van der Waals surface area contributed by atoms with Crippen molar-refractivity contribution in [2.45, 2.75) is 37.6 Å². The number of ether oxygens (including phenoxy) is 1. The Morgan fingerprint density at radius 1 is 0.840 bits per heavy atom. The van der Waals surface area contributed by atoms with Crippen molar-refractivity contribution >= 4 is 40.9 Å². The summed E-state index contributed by atoms with van der Waals surface area (Å²) in [6, 6.07) is 30.5. The minimum absolute atomic E-state index is 0.0477. The molecule has 0 spiro atoms. The van der Waals surface area contributed by atoms with Gasteiger partial charge in [0, 0.05) is 10.9 Å². The van der Waals surface area contributed by atoms with Gasteiger partial charge in [0.25, 0.3) is 0 Å². The summed E-state index contributed by atoms with van der Waals surface area (Å²) in [6.45, 7) is 2.29. The first-order valence-corrected chi connectivity index (χ1v) is 17.4. The van der Waals surface area contributed by atoms with Crippen molar-refractivity contribution in [1.82, 2.24) is 4.90 Å². The van der Waals surface area contributed by atoms with Gasteiger partial charge in [-0.05, 0) is 72.7 Å². The van der Waals surface area contributed by atoms with Gasteiger partial charge in [0.1, 0.15) is 0 Å². The third-order valence-electron chi connectivity index (χ3n) is 11.1. The molecule has 3 fully saturated rings. The number of benzene rings is 4. The highest BCUT2D eigenvalue weighted by molar-refractivity contribution is 6.32. The fraction of sp³-hybridized carbons (Fsp3) is 0.268. The van der Waals surface area contributed by atoms with E-state index in [9.17, 15) is 19.5 Å². The molecule has 4 aliphatic rings. The summed E-state index contributed by atoms with van der Waals surface area (Å²) in [6.07, 6.45) is 2.56. The number of imide groups is 2. The third-order valence-corrected chi connectivity index (χ3v) is 11.3. The number of allylic oxidation sites excluding steroid dienone is 2. The van der Waals surface area contributed by atoms with Gasteiger partial charge in [-0.25, -0.2) is 4.90 Å². The zero-order valence-electron chi connectivity index (χ0n) is 27.4. The summed E-state index contributed by atoms with van der Waals surface area (Å²) in [7, 11) is 0. The molecule has 2 aliphatic carbocycles. The van der Waals surface area contributed by atoms with Crippen molar-refractivity contribution < 1.29 is 29.0 Å². The molecule has 2 heterocycles. The molecular weight excluding hydrogens is 652 g/mol. The predicted molar refractivity (Wildman–Crippen MR) is 187 cm³/mol. The van der Waals surface area contributed by atoms with Gasteiger partial charge in [-0.3, -0.25) is 24.1 Å². The monoisotopic (exact) mass is 686 g/mol. The van der Waals surface area contributed by atoms with Crippen molar-refractivity contribution in [3.63, 3.8) is 0 Å². The van der Waals surface area contributed by atoms with Crippen LogP contribution in [0.25, 0.3) is 0 Å². The number of carbonyl (C=O) groups excluding carboxylic acids is 4. The van der Waals surface area contributed by atoms with Crippen LogP contribution in [-0.4, -0.2) is 40.2 Å². The van der Waals surface area contributed by atoms with Crippen LogP contribution in [0.15, 0.2) is 115 Å². The van der Waals surface area contributed by atoms with E-state index in [1.807, 2.05) is 73.7 Å². The first-order valence-electron chi connectivity index (χ1n) is 17.0. The zero-order valence-corrected chi connectivity index (χ0v) is 28.1. The smallest absolute Gasteiger partial charge is 0.246 e. The molecule has 0 radical (unpaired) electrons. The lowest BCUT2D eigenvalue weighted by Crippen LogP contribution is -2.53. The van der Waals surface area contributed by atoms with Crippen LogP contribution in [-0.2, 0) is 31.1 Å². The number of likely N-dealkylation sites (tertiary alicyclic amines) is 1. The van der Waals surface area contributed by atoms with Gasteiger partial charge < -0.3 is 9.84 Å². The Bertz CT molecular complexity index is 2070. The molecule has 6 unspecified atom stereocenters. The standard InChI is InChI=1S/C41H35ClN2O6/c1-2-50-34-20-25(16-19-33(34)45)36-29-17-18-30-35(39(48)43(37(30)46)23-24-10-5-3-6-11-24)31(29)22-32-38(47)44(28-15-9-14-27(42)21-28)40(49)41(32,36)26-12-7-4-8-13-26/h3-17,19-21,30-32,35-36,45H,2,18,22-23H2,1H3. The average molecular weight is 687 g/mol. The predicted octanol–water partition coefficient (Wildman–Crippen LogP) is 6.81. The number of phenols is 1. The number of fused-ring (bicyclic) bond motifs is 4. The van der Waals surface area contributed by atoms with E-state index in [0.29, 0.717) is 34.9 Å². The van der Waals surface area contributed by atoms with Crippen LogP contribution in [0.1, 0.15) is 42.4 Å². The minimum atomic E-state index is -1.41. The van der Waals surface area contributed by atoms with Crippen LogP contribution in [0, 0.1) is 23.7 Å². The Hall–Kier alpha value is -5.21. The molecule has 1 saturated carbocycles. The van der Waals surface area contributed by atoms with Gasteiger partial charge in [0.2, 0.25) is 23.6 Å². The van der Waals surface area contributed by atoms with Gasteiger partial charge in [-0.2, -0.15) is 0 Å². The highest BCUT2D eigenvalue weighted by Crippen LogP contribution is 2.64. The topological polar surface area (TPSA) is 104 Å². The number of phenolic OH excluding ortho intramolecular Hbond substituents is 1. The molecule has 0 bridgehead atoms. The number of hydrogen-bond donors (Lipinski definition) is 1. The molecule has 6 atom stereocenters. The lowest BCUT2D eigenvalue weighted by molar-refractivity contribution is -0.141. The first kappa shape index (κ1) is 32.0. The number of amides is 4. The van der Waals surface area contributed by atoms with Gasteiger partial charge in [-0.1, -0.05) is 96.0 Å². The van der Waals surface area contributed by atoms with Gasteiger partial charge in [0.15, 0.2) is 11.5 Å². The Morgan fingerprint density at radius 3 is 2.30 bits per heavy atom. The number of aromatic hydroxyl groups is 1. The number of anilines is 1. The molecule has 252 valence electrons. The summed E-state index contributed by atoms with van der Waals surface area (Å²) in [5.41, 5.74) is 1.99. The highest BCUT2D eigenvalue weighted by atomic mass is 35.5. The quantitative estimate of drug-likeness (QED) is 0.169. The van der Waals surface area contributed by atoms with Crippen LogP contribution in [0.2, 0.25) is 5.02 Å². The second kappa shape index (κ2) is 12.3. The molecule has 4 aromatic carbocycles. The van der Waals surface area contributed by atoms with Crippen molar-refractivity contribution in [1.29, 1.82) is 0 Å². The molecular formula is C41H35ClN2O6. The number of halogens is 1. The van der Waals surface area contributed by atoms with E-state index >= 15 is 4.79 Å². The van der Waals surface area contributed by atoms with Crippen molar-refractivity contribution in [3.05, 3.63) is 136 Å². The summed E-state index contributed by atoms with van der Waals surface area (Å²) in [4.78, 5) is 61.1. The SMILES string of the molecule is CCOc1cc(C2C3=CCC4C(=O)N(Cc5ccccc5)C(=O)C4C3CC3C(=O)N(c4cccc(Cl)c4)C(=O)C32c2ccccc2)ccc1O. The molecule has 1 N–H and O–H groups in total. The second-order valence-corrected chi connectivity index (χ2v) is 13.9. The largest absolute Gasteiger partial charge is 0.504 e. The maximum Gasteiger partial charge on any atom is 0.246 e. The average Bonchev–Trinajstić information content (AvgIpc) is 3.50. The van der Waals surface area contributed by atoms with Crippen LogP contribution < -0.4 is 9.64 Å². The van der Waals surface area contributed by atoms with Crippen LogP contribution >= 0.6 is 11.6 Å². The van der Waals surface area contributed by atoms with Crippen LogP contribution in [0.4, 0.5) is 5.69 Å². The van der Waals surface area contributed by atoms with Crippen molar-refractivity contribution in [2.24, 2.45) is 23.7 Å². The van der Waals surface area contributed by atoms with Gasteiger partial charge in [-0.15, -0.1) is 0 Å². The summed E-state index contributed by atoms with van der Waals surface area (Å²) in [5, 5.41) is 11.1. The maximum atomic E-state index is 15.3. The molecule has 8 nitrogen and oxygen atoms in total. The Kier molecular flexibility index (Phi) is 7.87. The van der Waals surface area contributed by atoms with E-state index in [1.54, 1.807) is 42.5 Å². The fourth-order valence-corrected chi connectivity index (χ4v) is 9.27. The van der Waals surface area contributed by atoms with Crippen molar-refractivity contribution in [3.8, 4) is 11.5 Å². The summed E-state index contributed by atoms with van der Waals surface area (Å²) >= 11 is 6.40. The maximum absolute atomic E-state index is 15.3. The lowest BCUT2D eigenvalue weighted by Gasteiger charge is -2.50. The Labute approximate surface area is 294 Å². The van der Waals surface area contributed by atoms with E-state index in [0.717, 1.165) is 11.1 Å². The Morgan fingerprint density at radius 2 is 1.58 bits per heavy atom. The van der Waals surface area contributed by atoms with Gasteiger partial charge in [0.05, 0.1) is 42.0 Å². The van der Waals surface area contributed by atoms with Gasteiger partial charge >= 0.3 is 0 Å². The molecule has 8 rings (SSSR count). The lowest BCUT2D eigenvalue weighted by atomic mass is 9.49. The highest BCUT2D eigenvalue weighted by Gasteiger charge is 2.70. The van der Waals surface area contributed by atoms with E-state index < -0.39 is 40.9 Å². The molecule has 2 aliphatic heterocycles. The molecule has 50 heavy (non-hydrogen) atoms. The van der Waals surface area contributed by atoms with Crippen LogP contribution in [0.3, 0.4) is 0 Å². The van der Waals surface area contributed by atoms with E-state index in [1.165, 1.54) is 9.80 Å². The number of carbonyl (C=O) groups is 4. The molecule has 2 saturated heterocycles. The normalized spacial score (nSPS) is 27.2. The molecule has 4 aromatic rings. The van der Waals surface area contributed by atoms with E-state index in [-0.39, 0.29) is 42.2 Å². The zero-order chi connectivity index (χ0) is 34.7.